The van der Waals surface area contributed by atoms with E-state index in [2.05, 4.69) is 20.6 Å². The van der Waals surface area contributed by atoms with Crippen molar-refractivity contribution in [1.29, 1.82) is 0 Å². The second-order valence-corrected chi connectivity index (χ2v) is 6.43. The topological polar surface area (TPSA) is 109 Å². The van der Waals surface area contributed by atoms with E-state index in [1.54, 1.807) is 30.5 Å². The second kappa shape index (κ2) is 6.15. The Balaban J connectivity index is 1.72. The van der Waals surface area contributed by atoms with Crippen molar-refractivity contribution in [3.63, 3.8) is 0 Å². The lowest BCUT2D eigenvalue weighted by Gasteiger charge is -2.27. The number of imide groups is 1. The lowest BCUT2D eigenvalue weighted by molar-refractivity contribution is -0.127. The molecule has 2 aromatic heterocycles. The van der Waals surface area contributed by atoms with Gasteiger partial charge in [-0.2, -0.15) is 0 Å². The Morgan fingerprint density at radius 3 is 2.76 bits per heavy atom. The maximum absolute atomic E-state index is 12.4. The predicted molar refractivity (Wildman–Crippen MR) is 88.5 cm³/mol. The second-order valence-electron chi connectivity index (χ2n) is 6.43. The van der Waals surface area contributed by atoms with Gasteiger partial charge in [-0.1, -0.05) is 6.92 Å². The van der Waals surface area contributed by atoms with Crippen molar-refractivity contribution in [3.05, 3.63) is 30.4 Å². The first-order valence-corrected chi connectivity index (χ1v) is 8.05. The van der Waals surface area contributed by atoms with Crippen LogP contribution < -0.4 is 10.6 Å². The van der Waals surface area contributed by atoms with Crippen LogP contribution in [0.5, 0.6) is 0 Å². The normalized spacial score (nSPS) is 17.6. The Morgan fingerprint density at radius 2 is 2.16 bits per heavy atom. The van der Waals surface area contributed by atoms with Crippen LogP contribution in [-0.2, 0) is 9.59 Å². The zero-order valence-corrected chi connectivity index (χ0v) is 14.3. The molecule has 1 unspecified atom stereocenters. The Morgan fingerprint density at radius 1 is 1.40 bits per heavy atom. The van der Waals surface area contributed by atoms with Crippen LogP contribution in [0, 0.1) is 0 Å². The van der Waals surface area contributed by atoms with E-state index in [9.17, 15) is 14.4 Å². The van der Waals surface area contributed by atoms with Gasteiger partial charge in [0, 0.05) is 18.6 Å². The molecular formula is C16H20N6O3. The summed E-state index contributed by atoms with van der Waals surface area (Å²) < 4.78 is 1.78. The zero-order chi connectivity index (χ0) is 18.2. The van der Waals surface area contributed by atoms with E-state index in [0.29, 0.717) is 17.9 Å². The van der Waals surface area contributed by atoms with Gasteiger partial charge in [0.1, 0.15) is 12.1 Å². The van der Waals surface area contributed by atoms with Crippen LogP contribution in [-0.4, -0.2) is 49.2 Å². The fourth-order valence-electron chi connectivity index (χ4n) is 2.75. The van der Waals surface area contributed by atoms with E-state index < -0.39 is 17.5 Å². The monoisotopic (exact) mass is 344 g/mol. The van der Waals surface area contributed by atoms with Gasteiger partial charge in [0.15, 0.2) is 0 Å². The van der Waals surface area contributed by atoms with Crippen LogP contribution in [0.4, 0.5) is 4.79 Å². The third-order valence-electron chi connectivity index (χ3n) is 4.35. The summed E-state index contributed by atoms with van der Waals surface area (Å²) in [5, 5.41) is 5.09. The number of aromatic nitrogens is 3. The van der Waals surface area contributed by atoms with Crippen molar-refractivity contribution in [2.24, 2.45) is 0 Å². The van der Waals surface area contributed by atoms with Gasteiger partial charge in [-0.25, -0.2) is 14.8 Å². The number of imidazole rings is 1. The summed E-state index contributed by atoms with van der Waals surface area (Å²) in [6.07, 6.45) is 5.92. The van der Waals surface area contributed by atoms with Gasteiger partial charge in [0.2, 0.25) is 11.7 Å². The first kappa shape index (κ1) is 16.9. The number of carbonyl (C=O) groups is 3. The van der Waals surface area contributed by atoms with Crippen molar-refractivity contribution in [1.82, 2.24) is 29.9 Å². The van der Waals surface area contributed by atoms with Gasteiger partial charge in [-0.15, -0.1) is 0 Å². The molecule has 1 aliphatic heterocycles. The minimum Gasteiger partial charge on any atom is -0.346 e. The number of hydrogen-bond donors (Lipinski definition) is 2. The molecule has 1 atom stereocenters. The van der Waals surface area contributed by atoms with Crippen molar-refractivity contribution in [2.45, 2.75) is 38.8 Å². The average molecular weight is 344 g/mol. The molecule has 132 valence electrons. The van der Waals surface area contributed by atoms with Crippen LogP contribution in [0.2, 0.25) is 0 Å². The van der Waals surface area contributed by atoms with Crippen LogP contribution >= 0.6 is 0 Å². The highest BCUT2D eigenvalue weighted by molar-refractivity contribution is 6.07. The molecule has 9 nitrogen and oxygen atoms in total. The minimum absolute atomic E-state index is 0.202. The third-order valence-corrected chi connectivity index (χ3v) is 4.35. The molecule has 0 aliphatic carbocycles. The van der Waals surface area contributed by atoms with Gasteiger partial charge in [-0.3, -0.25) is 19.3 Å². The zero-order valence-electron chi connectivity index (χ0n) is 14.3. The molecule has 25 heavy (non-hydrogen) atoms. The largest absolute Gasteiger partial charge is 0.346 e. The van der Waals surface area contributed by atoms with E-state index >= 15 is 0 Å². The number of fused-ring (bicyclic) bond motifs is 1. The van der Waals surface area contributed by atoms with Crippen LogP contribution in [0.1, 0.15) is 38.9 Å². The maximum atomic E-state index is 12.4. The summed E-state index contributed by atoms with van der Waals surface area (Å²) in [5.74, 6) is -0.214. The molecule has 4 amide bonds. The summed E-state index contributed by atoms with van der Waals surface area (Å²) in [6, 6.07) is 0.928. The molecular weight excluding hydrogens is 324 g/mol. The van der Waals surface area contributed by atoms with Gasteiger partial charge >= 0.3 is 6.03 Å². The fourth-order valence-corrected chi connectivity index (χ4v) is 2.75. The standard InChI is InChI=1S/C16H20N6O3/c1-4-10(11-8-21-7-5-6-17-14(21)19-11)18-12(23)9-22-15(25)20-13(24)16(22,2)3/h5-8,10H,4,9H2,1-3H3,(H,18,23)(H,20,24,25). The number of nitrogens with one attached hydrogen (secondary N) is 2. The summed E-state index contributed by atoms with van der Waals surface area (Å²) in [6.45, 7) is 4.93. The highest BCUT2D eigenvalue weighted by atomic mass is 16.2. The van der Waals surface area contributed by atoms with Crippen LogP contribution in [0.3, 0.4) is 0 Å². The van der Waals surface area contributed by atoms with Crippen LogP contribution in [0.15, 0.2) is 24.7 Å². The molecule has 1 aliphatic rings. The Hall–Kier alpha value is -2.97. The maximum Gasteiger partial charge on any atom is 0.325 e. The lowest BCUT2D eigenvalue weighted by atomic mass is 10.0. The summed E-state index contributed by atoms with van der Waals surface area (Å²) >= 11 is 0. The summed E-state index contributed by atoms with van der Waals surface area (Å²) in [4.78, 5) is 45.8. The highest BCUT2D eigenvalue weighted by Gasteiger charge is 2.46. The molecule has 3 heterocycles. The van der Waals surface area contributed by atoms with Crippen molar-refractivity contribution < 1.29 is 14.4 Å². The van der Waals surface area contributed by atoms with Crippen LogP contribution in [0.25, 0.3) is 5.78 Å². The van der Waals surface area contributed by atoms with Gasteiger partial charge in [0.25, 0.3) is 5.91 Å². The fraction of sp³-hybridized carbons (Fsp3) is 0.438. The van der Waals surface area contributed by atoms with E-state index in [1.807, 2.05) is 19.3 Å². The molecule has 3 rings (SSSR count). The number of nitrogens with zero attached hydrogens (tertiary/aromatic N) is 4. The predicted octanol–water partition coefficient (Wildman–Crippen LogP) is 0.627. The smallest absolute Gasteiger partial charge is 0.325 e. The average Bonchev–Trinajstić information content (AvgIpc) is 3.07. The highest BCUT2D eigenvalue weighted by Crippen LogP contribution is 2.21. The third kappa shape index (κ3) is 3.04. The van der Waals surface area contributed by atoms with E-state index in [0.717, 1.165) is 0 Å². The van der Waals surface area contributed by atoms with E-state index in [-0.39, 0.29) is 18.5 Å². The summed E-state index contributed by atoms with van der Waals surface area (Å²) in [5.41, 5.74) is -0.362. The molecule has 1 fully saturated rings. The van der Waals surface area contributed by atoms with Gasteiger partial charge in [0.05, 0.1) is 11.7 Å². The molecule has 1 saturated heterocycles. The van der Waals surface area contributed by atoms with Crippen molar-refractivity contribution in [2.75, 3.05) is 6.54 Å². The quantitative estimate of drug-likeness (QED) is 0.773. The first-order valence-electron chi connectivity index (χ1n) is 8.05. The number of urea groups is 1. The summed E-state index contributed by atoms with van der Waals surface area (Å²) in [7, 11) is 0. The van der Waals surface area contributed by atoms with Crippen molar-refractivity contribution >= 4 is 23.6 Å². The van der Waals surface area contributed by atoms with E-state index in [1.165, 1.54) is 4.90 Å². The molecule has 0 saturated carbocycles. The van der Waals surface area contributed by atoms with E-state index in [4.69, 9.17) is 0 Å². The van der Waals surface area contributed by atoms with Gasteiger partial charge < -0.3 is 10.2 Å². The molecule has 0 radical (unpaired) electrons. The number of rotatable bonds is 5. The Bertz CT molecular complexity index is 810. The molecule has 2 N–H and O–H groups in total. The lowest BCUT2D eigenvalue weighted by Crippen LogP contribution is -2.49. The molecule has 0 bridgehead atoms. The minimum atomic E-state index is -1.05. The number of amides is 4. The SMILES string of the molecule is CCC(NC(=O)CN1C(=O)NC(=O)C1(C)C)c1cn2cccnc2n1. The molecule has 0 spiro atoms. The molecule has 2 aromatic rings. The van der Waals surface area contributed by atoms with Gasteiger partial charge in [-0.05, 0) is 26.3 Å². The number of carbonyl (C=O) groups excluding carboxylic acids is 3. The Labute approximate surface area is 144 Å². The molecule has 9 heteroatoms. The Kier molecular flexibility index (Phi) is 4.15. The first-order chi connectivity index (χ1) is 11.8. The van der Waals surface area contributed by atoms with Crippen molar-refractivity contribution in [3.8, 4) is 0 Å². The molecule has 0 aromatic carbocycles. The number of hydrogen-bond acceptors (Lipinski definition) is 5.